The molecular formula is C19H19F2NO4. The van der Waals surface area contributed by atoms with E-state index < -0.39 is 18.5 Å². The average Bonchev–Trinajstić information content (AvgIpc) is 2.60. The highest BCUT2D eigenvalue weighted by Crippen LogP contribution is 2.15. The number of amides is 1. The van der Waals surface area contributed by atoms with E-state index in [9.17, 15) is 23.5 Å². The van der Waals surface area contributed by atoms with Crippen molar-refractivity contribution in [2.45, 2.75) is 19.5 Å². The Hall–Kier alpha value is -2.96. The van der Waals surface area contributed by atoms with Crippen LogP contribution < -0.4 is 10.1 Å². The third-order valence-electron chi connectivity index (χ3n) is 3.73. The molecule has 0 heterocycles. The Kier molecular flexibility index (Phi) is 7.08. The number of rotatable bonds is 9. The van der Waals surface area contributed by atoms with E-state index in [0.717, 1.165) is 5.56 Å². The van der Waals surface area contributed by atoms with Gasteiger partial charge in [-0.05, 0) is 29.7 Å². The number of nitrogens with one attached hydrogen (secondary N) is 1. The van der Waals surface area contributed by atoms with Crippen LogP contribution in [-0.4, -0.2) is 30.1 Å². The van der Waals surface area contributed by atoms with E-state index in [1.165, 1.54) is 24.3 Å². The molecule has 1 atom stereocenters. The van der Waals surface area contributed by atoms with Crippen molar-refractivity contribution < 1.29 is 28.2 Å². The minimum absolute atomic E-state index is 0.00956. The summed E-state index contributed by atoms with van der Waals surface area (Å²) in [6, 6.07) is 14.9. The van der Waals surface area contributed by atoms with E-state index in [2.05, 4.69) is 10.1 Å². The molecule has 2 N–H and O–H groups in total. The van der Waals surface area contributed by atoms with Gasteiger partial charge in [-0.2, -0.15) is 8.78 Å². The van der Waals surface area contributed by atoms with Gasteiger partial charge in [0, 0.05) is 6.54 Å². The highest BCUT2D eigenvalue weighted by atomic mass is 19.3. The summed E-state index contributed by atoms with van der Waals surface area (Å²) in [5.74, 6) is -2.05. The number of benzene rings is 2. The number of hydrogen-bond acceptors (Lipinski definition) is 3. The van der Waals surface area contributed by atoms with Gasteiger partial charge in [0.15, 0.2) is 0 Å². The van der Waals surface area contributed by atoms with Crippen LogP contribution in [-0.2, 0) is 22.4 Å². The summed E-state index contributed by atoms with van der Waals surface area (Å²) in [7, 11) is 0. The number of carbonyl (C=O) groups excluding carboxylic acids is 1. The lowest BCUT2D eigenvalue weighted by Gasteiger charge is -2.14. The van der Waals surface area contributed by atoms with Crippen LogP contribution in [0.4, 0.5) is 8.78 Å². The van der Waals surface area contributed by atoms with Crippen molar-refractivity contribution in [3.05, 3.63) is 65.7 Å². The Labute approximate surface area is 149 Å². The van der Waals surface area contributed by atoms with E-state index in [-0.39, 0.29) is 24.6 Å². The van der Waals surface area contributed by atoms with Gasteiger partial charge < -0.3 is 15.2 Å². The fourth-order valence-corrected chi connectivity index (χ4v) is 2.42. The molecule has 2 rings (SSSR count). The largest absolute Gasteiger partial charge is 0.481 e. The van der Waals surface area contributed by atoms with Gasteiger partial charge in [0.25, 0.3) is 0 Å². The van der Waals surface area contributed by atoms with Crippen LogP contribution in [0.5, 0.6) is 5.75 Å². The third kappa shape index (κ3) is 6.51. The van der Waals surface area contributed by atoms with Gasteiger partial charge in [-0.1, -0.05) is 42.5 Å². The molecule has 138 valence electrons. The molecule has 0 aliphatic heterocycles. The van der Waals surface area contributed by atoms with Crippen LogP contribution >= 0.6 is 0 Å². The number of aliphatic carboxylic acids is 1. The van der Waals surface area contributed by atoms with Gasteiger partial charge in [0.2, 0.25) is 5.91 Å². The second-order valence-corrected chi connectivity index (χ2v) is 5.73. The number of alkyl halides is 2. The molecule has 5 nitrogen and oxygen atoms in total. The normalized spacial score (nSPS) is 11.8. The second-order valence-electron chi connectivity index (χ2n) is 5.73. The van der Waals surface area contributed by atoms with Gasteiger partial charge in [-0.3, -0.25) is 9.59 Å². The van der Waals surface area contributed by atoms with Crippen molar-refractivity contribution in [2.24, 2.45) is 5.92 Å². The summed E-state index contributed by atoms with van der Waals surface area (Å²) in [5, 5.41) is 11.9. The summed E-state index contributed by atoms with van der Waals surface area (Å²) in [6.45, 7) is -2.89. The topological polar surface area (TPSA) is 75.6 Å². The predicted molar refractivity (Wildman–Crippen MR) is 91.1 cm³/mol. The number of carboxylic acid groups (broad SMARTS) is 1. The first kappa shape index (κ1) is 19.4. The van der Waals surface area contributed by atoms with Crippen molar-refractivity contribution in [2.75, 3.05) is 6.54 Å². The van der Waals surface area contributed by atoms with E-state index in [1.807, 2.05) is 30.3 Å². The Morgan fingerprint density at radius 2 is 1.65 bits per heavy atom. The monoisotopic (exact) mass is 363 g/mol. The molecule has 7 heteroatoms. The molecule has 2 aromatic carbocycles. The van der Waals surface area contributed by atoms with Crippen LogP contribution in [0.1, 0.15) is 11.1 Å². The Bertz CT molecular complexity index is 720. The fraction of sp³-hybridized carbons (Fsp3) is 0.263. The molecule has 0 saturated heterocycles. The molecule has 2 aromatic rings. The Morgan fingerprint density at radius 3 is 2.23 bits per heavy atom. The van der Waals surface area contributed by atoms with Crippen LogP contribution in [0.25, 0.3) is 0 Å². The number of halogens is 2. The van der Waals surface area contributed by atoms with Gasteiger partial charge in [-0.15, -0.1) is 0 Å². The quantitative estimate of drug-likeness (QED) is 0.718. The maximum atomic E-state index is 12.1. The molecular weight excluding hydrogens is 344 g/mol. The Morgan fingerprint density at radius 1 is 1.00 bits per heavy atom. The highest BCUT2D eigenvalue weighted by Gasteiger charge is 2.19. The lowest BCUT2D eigenvalue weighted by molar-refractivity contribution is -0.141. The summed E-state index contributed by atoms with van der Waals surface area (Å²) in [4.78, 5) is 23.4. The van der Waals surface area contributed by atoms with Gasteiger partial charge >= 0.3 is 12.6 Å². The third-order valence-corrected chi connectivity index (χ3v) is 3.73. The SMILES string of the molecule is O=C(Cc1ccc(OC(F)F)cc1)NCC(Cc1ccccc1)C(=O)O. The zero-order valence-electron chi connectivity index (χ0n) is 13.9. The maximum Gasteiger partial charge on any atom is 0.387 e. The lowest BCUT2D eigenvalue weighted by Crippen LogP contribution is -2.34. The minimum Gasteiger partial charge on any atom is -0.481 e. The van der Waals surface area contributed by atoms with Crippen molar-refractivity contribution in [3.63, 3.8) is 0 Å². The van der Waals surface area contributed by atoms with Crippen LogP contribution in [0.3, 0.4) is 0 Å². The molecule has 0 spiro atoms. The highest BCUT2D eigenvalue weighted by molar-refractivity contribution is 5.79. The van der Waals surface area contributed by atoms with Gasteiger partial charge in [-0.25, -0.2) is 0 Å². The number of carboxylic acids is 1. The summed E-state index contributed by atoms with van der Waals surface area (Å²) >= 11 is 0. The first-order chi connectivity index (χ1) is 12.4. The maximum absolute atomic E-state index is 12.1. The van der Waals surface area contributed by atoms with E-state index in [1.54, 1.807) is 0 Å². The van der Waals surface area contributed by atoms with Crippen LogP contribution in [0.2, 0.25) is 0 Å². The van der Waals surface area contributed by atoms with E-state index >= 15 is 0 Å². The molecule has 1 amide bonds. The summed E-state index contributed by atoms with van der Waals surface area (Å²) in [5.41, 5.74) is 1.49. The zero-order valence-corrected chi connectivity index (χ0v) is 13.9. The lowest BCUT2D eigenvalue weighted by atomic mass is 9.99. The Balaban J connectivity index is 1.85. The first-order valence-electron chi connectivity index (χ1n) is 8.01. The van der Waals surface area contributed by atoms with Crippen LogP contribution in [0.15, 0.2) is 54.6 Å². The first-order valence-corrected chi connectivity index (χ1v) is 8.01. The molecule has 0 aromatic heterocycles. The molecule has 1 unspecified atom stereocenters. The molecule has 0 fully saturated rings. The smallest absolute Gasteiger partial charge is 0.387 e. The second kappa shape index (κ2) is 9.50. The standard InChI is InChI=1S/C19H19F2NO4/c20-19(21)26-16-8-6-14(7-9-16)11-17(23)22-12-15(18(24)25)10-13-4-2-1-3-5-13/h1-9,15,19H,10-12H2,(H,22,23)(H,24,25). The van der Waals surface area contributed by atoms with Crippen molar-refractivity contribution in [1.82, 2.24) is 5.32 Å². The summed E-state index contributed by atoms with van der Waals surface area (Å²) in [6.07, 6.45) is 0.336. The number of ether oxygens (including phenoxy) is 1. The van der Waals surface area contributed by atoms with E-state index in [4.69, 9.17) is 0 Å². The van der Waals surface area contributed by atoms with Crippen molar-refractivity contribution >= 4 is 11.9 Å². The van der Waals surface area contributed by atoms with E-state index in [0.29, 0.717) is 12.0 Å². The molecule has 0 bridgehead atoms. The molecule has 0 saturated carbocycles. The van der Waals surface area contributed by atoms with Crippen molar-refractivity contribution in [1.29, 1.82) is 0 Å². The predicted octanol–water partition coefficient (Wildman–Crippen LogP) is 2.89. The van der Waals surface area contributed by atoms with Crippen LogP contribution in [0, 0.1) is 5.92 Å². The summed E-state index contributed by atoms with van der Waals surface area (Å²) < 4.78 is 28.4. The van der Waals surface area contributed by atoms with Crippen molar-refractivity contribution in [3.8, 4) is 5.75 Å². The number of carbonyl (C=O) groups is 2. The molecule has 0 radical (unpaired) electrons. The fourth-order valence-electron chi connectivity index (χ4n) is 2.42. The minimum atomic E-state index is -2.90. The zero-order chi connectivity index (χ0) is 18.9. The van der Waals surface area contributed by atoms with Gasteiger partial charge in [0.1, 0.15) is 5.75 Å². The average molecular weight is 363 g/mol. The molecule has 0 aliphatic carbocycles. The molecule has 26 heavy (non-hydrogen) atoms. The van der Waals surface area contributed by atoms with Gasteiger partial charge in [0.05, 0.1) is 12.3 Å². The number of hydrogen-bond donors (Lipinski definition) is 2. The molecule has 0 aliphatic rings.